The molecule has 148 valence electrons. The van der Waals surface area contributed by atoms with Crippen LogP contribution in [0.4, 0.5) is 0 Å². The van der Waals surface area contributed by atoms with Gasteiger partial charge in [0.15, 0.2) is 6.10 Å². The van der Waals surface area contributed by atoms with Gasteiger partial charge in [-0.1, -0.05) is 91.0 Å². The molecule has 30 heavy (non-hydrogen) atoms. The highest BCUT2D eigenvalue weighted by Crippen LogP contribution is 2.27. The molecule has 0 aliphatic carbocycles. The van der Waals surface area contributed by atoms with Crippen LogP contribution in [0.1, 0.15) is 27.6 Å². The van der Waals surface area contributed by atoms with Crippen molar-refractivity contribution in [3.63, 3.8) is 0 Å². The van der Waals surface area contributed by atoms with Gasteiger partial charge in [0.25, 0.3) is 0 Å². The maximum absolute atomic E-state index is 13.1. The number of ether oxygens (including phenoxy) is 2. The lowest BCUT2D eigenvalue weighted by molar-refractivity contribution is 0.0792. The summed E-state index contributed by atoms with van der Waals surface area (Å²) in [5.41, 5.74) is 2.54. The van der Waals surface area contributed by atoms with E-state index in [0.717, 1.165) is 16.9 Å². The van der Waals surface area contributed by atoms with Crippen molar-refractivity contribution in [2.45, 2.75) is 12.7 Å². The zero-order valence-corrected chi connectivity index (χ0v) is 16.5. The van der Waals surface area contributed by atoms with Gasteiger partial charge in [0, 0.05) is 11.1 Å². The lowest BCUT2D eigenvalue weighted by atomic mass is 10.00. The molecule has 0 aromatic heterocycles. The minimum Gasteiger partial charge on any atom is -0.489 e. The first kappa shape index (κ1) is 19.5. The molecule has 1 atom stereocenters. The molecule has 0 N–H and O–H groups in total. The van der Waals surface area contributed by atoms with E-state index in [4.69, 9.17) is 9.47 Å². The van der Waals surface area contributed by atoms with Gasteiger partial charge in [-0.2, -0.15) is 0 Å². The molecule has 4 rings (SSSR count). The number of Topliss-reactive ketones (excluding diaryl/α,β-unsaturated/α-hetero) is 1. The summed E-state index contributed by atoms with van der Waals surface area (Å²) in [6.45, 7) is 0.500. The molecule has 3 nitrogen and oxygen atoms in total. The molecule has 0 saturated carbocycles. The Morgan fingerprint density at radius 3 is 1.80 bits per heavy atom. The molecule has 4 aromatic carbocycles. The van der Waals surface area contributed by atoms with E-state index in [0.29, 0.717) is 17.9 Å². The van der Waals surface area contributed by atoms with Crippen LogP contribution in [0.2, 0.25) is 0 Å². The van der Waals surface area contributed by atoms with Crippen LogP contribution >= 0.6 is 0 Å². The Morgan fingerprint density at radius 1 is 0.633 bits per heavy atom. The van der Waals surface area contributed by atoms with Gasteiger partial charge in [0.1, 0.15) is 18.1 Å². The maximum atomic E-state index is 13.1. The normalized spacial score (nSPS) is 11.5. The standard InChI is InChI=1S/C27H22O3/c28-26(22-12-6-2-7-13-22)27(23-14-8-3-9-15-23)30-25-18-16-24(17-19-25)29-20-21-10-4-1-5-11-21/h1-19,27H,20H2. The largest absolute Gasteiger partial charge is 0.489 e. The highest BCUT2D eigenvalue weighted by atomic mass is 16.5. The number of carbonyl (C=O) groups excluding carboxylic acids is 1. The summed E-state index contributed by atoms with van der Waals surface area (Å²) >= 11 is 0. The zero-order valence-electron chi connectivity index (χ0n) is 16.5. The molecule has 0 radical (unpaired) electrons. The van der Waals surface area contributed by atoms with E-state index in [2.05, 4.69) is 0 Å². The third kappa shape index (κ3) is 4.95. The average Bonchev–Trinajstić information content (AvgIpc) is 2.83. The van der Waals surface area contributed by atoms with Gasteiger partial charge in [0.2, 0.25) is 5.78 Å². The second-order valence-corrected chi connectivity index (χ2v) is 6.88. The molecule has 0 fully saturated rings. The van der Waals surface area contributed by atoms with Crippen molar-refractivity contribution in [1.82, 2.24) is 0 Å². The molecule has 0 bridgehead atoms. The Balaban J connectivity index is 1.49. The van der Waals surface area contributed by atoms with Crippen LogP contribution in [-0.2, 0) is 6.61 Å². The molecule has 3 heteroatoms. The van der Waals surface area contributed by atoms with Crippen molar-refractivity contribution in [3.8, 4) is 11.5 Å². The van der Waals surface area contributed by atoms with Crippen LogP contribution in [0.3, 0.4) is 0 Å². The van der Waals surface area contributed by atoms with E-state index < -0.39 is 6.10 Å². The van der Waals surface area contributed by atoms with Gasteiger partial charge in [-0.25, -0.2) is 0 Å². The number of ketones is 1. The van der Waals surface area contributed by atoms with Gasteiger partial charge < -0.3 is 9.47 Å². The van der Waals surface area contributed by atoms with Crippen molar-refractivity contribution < 1.29 is 14.3 Å². The summed E-state index contributed by atoms with van der Waals surface area (Å²) < 4.78 is 12.0. The van der Waals surface area contributed by atoms with E-state index in [1.807, 2.05) is 115 Å². The third-order valence-corrected chi connectivity index (χ3v) is 4.72. The molecule has 0 heterocycles. The molecule has 1 unspecified atom stereocenters. The monoisotopic (exact) mass is 394 g/mol. The number of hydrogen-bond acceptors (Lipinski definition) is 3. The van der Waals surface area contributed by atoms with Crippen LogP contribution in [0.25, 0.3) is 0 Å². The van der Waals surface area contributed by atoms with Crippen molar-refractivity contribution >= 4 is 5.78 Å². The number of carbonyl (C=O) groups is 1. The average molecular weight is 394 g/mol. The predicted molar refractivity (Wildman–Crippen MR) is 118 cm³/mol. The van der Waals surface area contributed by atoms with Gasteiger partial charge in [-0.05, 0) is 29.8 Å². The molecular formula is C27H22O3. The Bertz CT molecular complexity index is 1060. The fourth-order valence-corrected chi connectivity index (χ4v) is 3.15. The molecule has 0 saturated heterocycles. The first-order chi connectivity index (χ1) is 14.8. The Kier molecular flexibility index (Phi) is 6.21. The van der Waals surface area contributed by atoms with Crippen molar-refractivity contribution in [2.75, 3.05) is 0 Å². The predicted octanol–water partition coefficient (Wildman–Crippen LogP) is 6.27. The van der Waals surface area contributed by atoms with E-state index in [1.165, 1.54) is 0 Å². The van der Waals surface area contributed by atoms with Crippen LogP contribution in [0.15, 0.2) is 115 Å². The fourth-order valence-electron chi connectivity index (χ4n) is 3.15. The SMILES string of the molecule is O=C(c1ccccc1)C(Oc1ccc(OCc2ccccc2)cc1)c1ccccc1. The molecule has 0 spiro atoms. The second-order valence-electron chi connectivity index (χ2n) is 6.88. The van der Waals surface area contributed by atoms with Crippen LogP contribution < -0.4 is 9.47 Å². The van der Waals surface area contributed by atoms with Gasteiger partial charge in [-0.3, -0.25) is 4.79 Å². The minimum atomic E-state index is -0.718. The fraction of sp³-hybridized carbons (Fsp3) is 0.0741. The summed E-state index contributed by atoms with van der Waals surface area (Å²) in [6, 6.07) is 36.1. The summed E-state index contributed by atoms with van der Waals surface area (Å²) in [7, 11) is 0. The quantitative estimate of drug-likeness (QED) is 0.331. The first-order valence-corrected chi connectivity index (χ1v) is 9.87. The number of benzene rings is 4. The van der Waals surface area contributed by atoms with Crippen molar-refractivity contribution in [3.05, 3.63) is 132 Å². The lowest BCUT2D eigenvalue weighted by Crippen LogP contribution is -2.19. The molecule has 4 aromatic rings. The molecular weight excluding hydrogens is 372 g/mol. The summed E-state index contributed by atoms with van der Waals surface area (Å²) in [5, 5.41) is 0. The summed E-state index contributed by atoms with van der Waals surface area (Å²) in [5.74, 6) is 1.28. The Hall–Kier alpha value is -3.85. The summed E-state index contributed by atoms with van der Waals surface area (Å²) in [4.78, 5) is 13.1. The van der Waals surface area contributed by atoms with Crippen LogP contribution in [-0.4, -0.2) is 5.78 Å². The Labute approximate surface area is 176 Å². The van der Waals surface area contributed by atoms with Crippen LogP contribution in [0, 0.1) is 0 Å². The molecule has 0 aliphatic rings. The van der Waals surface area contributed by atoms with E-state index in [9.17, 15) is 4.79 Å². The highest BCUT2D eigenvalue weighted by Gasteiger charge is 2.24. The van der Waals surface area contributed by atoms with Crippen LogP contribution in [0.5, 0.6) is 11.5 Å². The minimum absolute atomic E-state index is 0.0776. The number of hydrogen-bond donors (Lipinski definition) is 0. The lowest BCUT2D eigenvalue weighted by Gasteiger charge is -2.19. The van der Waals surface area contributed by atoms with Crippen molar-refractivity contribution in [2.24, 2.45) is 0 Å². The highest BCUT2D eigenvalue weighted by molar-refractivity contribution is 6.00. The smallest absolute Gasteiger partial charge is 0.207 e. The number of rotatable bonds is 8. The van der Waals surface area contributed by atoms with E-state index >= 15 is 0 Å². The van der Waals surface area contributed by atoms with E-state index in [-0.39, 0.29) is 5.78 Å². The second kappa shape index (κ2) is 9.57. The van der Waals surface area contributed by atoms with Crippen molar-refractivity contribution in [1.29, 1.82) is 0 Å². The molecule has 0 amide bonds. The van der Waals surface area contributed by atoms with E-state index in [1.54, 1.807) is 0 Å². The Morgan fingerprint density at radius 2 is 1.17 bits per heavy atom. The third-order valence-electron chi connectivity index (χ3n) is 4.72. The van der Waals surface area contributed by atoms with Gasteiger partial charge >= 0.3 is 0 Å². The van der Waals surface area contributed by atoms with Gasteiger partial charge in [0.05, 0.1) is 0 Å². The summed E-state index contributed by atoms with van der Waals surface area (Å²) in [6.07, 6.45) is -0.718. The molecule has 0 aliphatic heterocycles. The first-order valence-electron chi connectivity index (χ1n) is 9.87. The zero-order chi connectivity index (χ0) is 20.6. The maximum Gasteiger partial charge on any atom is 0.207 e. The van der Waals surface area contributed by atoms with Gasteiger partial charge in [-0.15, -0.1) is 0 Å². The topological polar surface area (TPSA) is 35.5 Å².